The van der Waals surface area contributed by atoms with Crippen molar-refractivity contribution in [3.05, 3.63) is 46.4 Å². The van der Waals surface area contributed by atoms with Crippen LogP contribution >= 0.6 is 0 Å². The summed E-state index contributed by atoms with van der Waals surface area (Å²) in [6.45, 7) is 4.15. The van der Waals surface area contributed by atoms with Gasteiger partial charge >= 0.3 is 0 Å². The van der Waals surface area contributed by atoms with Crippen molar-refractivity contribution in [2.45, 2.75) is 44.9 Å². The molecule has 0 radical (unpaired) electrons. The Morgan fingerprint density at radius 2 is 1.86 bits per heavy atom. The molecule has 28 heavy (non-hydrogen) atoms. The molecule has 0 aliphatic heterocycles. The first-order chi connectivity index (χ1) is 13.5. The van der Waals surface area contributed by atoms with Crippen molar-refractivity contribution in [1.29, 1.82) is 5.26 Å². The van der Waals surface area contributed by atoms with Gasteiger partial charge in [0.15, 0.2) is 0 Å². The number of aromatic nitrogens is 4. The molecule has 0 atom stereocenters. The number of nitriles is 1. The molecule has 0 unspecified atom stereocenters. The smallest absolute Gasteiger partial charge is 0.270 e. The zero-order chi connectivity index (χ0) is 19.9. The van der Waals surface area contributed by atoms with Crippen LogP contribution in [0.15, 0.2) is 29.2 Å². The molecule has 2 N–H and O–H groups in total. The molecule has 7 heteroatoms. The van der Waals surface area contributed by atoms with Gasteiger partial charge < -0.3 is 5.10 Å². The van der Waals surface area contributed by atoms with E-state index in [2.05, 4.69) is 30.1 Å². The number of nitrogens with zero attached hydrogens (tertiary/aromatic N) is 3. The molecule has 0 amide bonds. The number of halogens is 1. The van der Waals surface area contributed by atoms with Crippen molar-refractivity contribution in [3.63, 3.8) is 0 Å². The van der Waals surface area contributed by atoms with Crippen LogP contribution in [0.2, 0.25) is 0 Å². The van der Waals surface area contributed by atoms with Gasteiger partial charge in [-0.05, 0) is 37.5 Å². The van der Waals surface area contributed by atoms with Crippen LogP contribution in [0.25, 0.3) is 32.6 Å². The molecule has 4 aromatic rings. The van der Waals surface area contributed by atoms with Gasteiger partial charge in [0.25, 0.3) is 5.56 Å². The molecule has 0 saturated carbocycles. The van der Waals surface area contributed by atoms with E-state index in [1.807, 2.05) is 0 Å². The Bertz CT molecular complexity index is 1290. The van der Waals surface area contributed by atoms with Gasteiger partial charge in [0.2, 0.25) is 0 Å². The molecule has 4 rings (SSSR count). The lowest BCUT2D eigenvalue weighted by Gasteiger charge is -2.27. The van der Waals surface area contributed by atoms with Crippen LogP contribution in [0, 0.1) is 17.1 Å². The standard InChI is InChI=1S/C21H20FN5O/c1-3-21(4-2,8-5-9-23)20-25-17-13-7-6-12(22)10-14(13)16-15(18(17)26-20)11-24-27-19(16)28/h6-7,10-11,24H,3-5,8H2,1-2H3,(H,27,28). The molecule has 0 spiro atoms. The Kier molecular flexibility index (Phi) is 4.34. The van der Waals surface area contributed by atoms with Gasteiger partial charge in [-0.25, -0.2) is 14.4 Å². The van der Waals surface area contributed by atoms with Gasteiger partial charge in [0.05, 0.1) is 17.0 Å². The van der Waals surface area contributed by atoms with E-state index in [1.165, 1.54) is 12.1 Å². The Balaban J connectivity index is 2.14. The molecule has 142 valence electrons. The van der Waals surface area contributed by atoms with Crippen molar-refractivity contribution >= 4 is 32.6 Å². The number of aromatic amines is 2. The zero-order valence-corrected chi connectivity index (χ0v) is 15.8. The minimum absolute atomic E-state index is 0.307. The van der Waals surface area contributed by atoms with E-state index in [1.54, 1.807) is 12.3 Å². The number of benzene rings is 2. The molecule has 2 aromatic heterocycles. The highest BCUT2D eigenvalue weighted by atomic mass is 19.1. The average Bonchev–Trinajstić information content (AvgIpc) is 3.15. The minimum atomic E-state index is -0.411. The first-order valence-corrected chi connectivity index (χ1v) is 9.40. The molecule has 2 aromatic carbocycles. The molecular formula is C21H20FN5O. The van der Waals surface area contributed by atoms with Gasteiger partial charge in [-0.3, -0.25) is 9.89 Å². The van der Waals surface area contributed by atoms with E-state index in [9.17, 15) is 9.18 Å². The molecule has 0 fully saturated rings. The summed E-state index contributed by atoms with van der Waals surface area (Å²) in [5.74, 6) is 0.270. The molecule has 2 heterocycles. The number of fused-ring (bicyclic) bond motifs is 6. The van der Waals surface area contributed by atoms with Crippen LogP contribution in [-0.2, 0) is 5.41 Å². The van der Waals surface area contributed by atoms with Crippen LogP contribution in [0.3, 0.4) is 0 Å². The summed E-state index contributed by atoms with van der Waals surface area (Å²) in [6.07, 6.45) is 4.37. The number of nitrogens with one attached hydrogen (secondary N) is 2. The van der Waals surface area contributed by atoms with Crippen LogP contribution in [-0.4, -0.2) is 20.2 Å². The maximum absolute atomic E-state index is 14.0. The fraction of sp³-hybridized carbons (Fsp3) is 0.333. The van der Waals surface area contributed by atoms with Crippen molar-refractivity contribution in [2.75, 3.05) is 0 Å². The second-order valence-corrected chi connectivity index (χ2v) is 7.11. The third-order valence-corrected chi connectivity index (χ3v) is 5.86. The second kappa shape index (κ2) is 6.71. The zero-order valence-electron chi connectivity index (χ0n) is 15.8. The first kappa shape index (κ1) is 18.1. The predicted molar refractivity (Wildman–Crippen MR) is 107 cm³/mol. The third kappa shape index (κ3) is 2.56. The second-order valence-electron chi connectivity index (χ2n) is 7.11. The highest BCUT2D eigenvalue weighted by Gasteiger charge is 2.33. The molecular weight excluding hydrogens is 357 g/mol. The lowest BCUT2D eigenvalue weighted by Crippen LogP contribution is -2.25. The summed E-state index contributed by atoms with van der Waals surface area (Å²) in [4.78, 5) is 22.2. The van der Waals surface area contributed by atoms with E-state index >= 15 is 0 Å². The highest BCUT2D eigenvalue weighted by molar-refractivity contribution is 6.22. The Morgan fingerprint density at radius 1 is 1.14 bits per heavy atom. The number of hydrogen-bond donors (Lipinski definition) is 2. The lowest BCUT2D eigenvalue weighted by molar-refractivity contribution is 0.352. The molecule has 6 nitrogen and oxygen atoms in total. The fourth-order valence-electron chi connectivity index (χ4n) is 4.10. The summed E-state index contributed by atoms with van der Waals surface area (Å²) < 4.78 is 14.0. The molecule has 0 bridgehead atoms. The Labute approximate surface area is 160 Å². The van der Waals surface area contributed by atoms with Crippen LogP contribution < -0.4 is 5.56 Å². The normalized spacial score (nSPS) is 12.1. The monoisotopic (exact) mass is 377 g/mol. The maximum atomic E-state index is 14.0. The van der Waals surface area contributed by atoms with E-state index in [0.29, 0.717) is 51.2 Å². The summed E-state index contributed by atoms with van der Waals surface area (Å²) >= 11 is 0. The van der Waals surface area contributed by atoms with Crippen molar-refractivity contribution < 1.29 is 4.39 Å². The SMILES string of the molecule is CCC(CC)(CCC#N)c1nc2c3ccc(F)cc3c3c(=O)[nH][nH]cc3c2n1. The minimum Gasteiger partial charge on any atom is -0.305 e. The largest absolute Gasteiger partial charge is 0.305 e. The summed E-state index contributed by atoms with van der Waals surface area (Å²) in [5, 5.41) is 16.6. The summed E-state index contributed by atoms with van der Waals surface area (Å²) in [5.41, 5.74) is 0.633. The average molecular weight is 377 g/mol. The molecule has 0 aliphatic carbocycles. The van der Waals surface area contributed by atoms with Crippen molar-refractivity contribution in [3.8, 4) is 6.07 Å². The Morgan fingerprint density at radius 3 is 2.54 bits per heavy atom. The summed E-state index contributed by atoms with van der Waals surface area (Å²) in [7, 11) is 0. The van der Waals surface area contributed by atoms with Gasteiger partial charge in [0.1, 0.15) is 17.2 Å². The van der Waals surface area contributed by atoms with E-state index in [0.717, 1.165) is 12.8 Å². The molecule has 0 saturated heterocycles. The van der Waals surface area contributed by atoms with Gasteiger partial charge in [-0.15, -0.1) is 0 Å². The van der Waals surface area contributed by atoms with Crippen LogP contribution in [0.5, 0.6) is 0 Å². The third-order valence-electron chi connectivity index (χ3n) is 5.86. The fourth-order valence-corrected chi connectivity index (χ4v) is 4.10. The Hall–Kier alpha value is -3.27. The van der Waals surface area contributed by atoms with E-state index < -0.39 is 5.82 Å². The quantitative estimate of drug-likeness (QED) is 0.502. The van der Waals surface area contributed by atoms with Crippen LogP contribution in [0.1, 0.15) is 45.4 Å². The highest BCUT2D eigenvalue weighted by Crippen LogP contribution is 2.38. The number of H-pyrrole nitrogens is 2. The van der Waals surface area contributed by atoms with Crippen LogP contribution in [0.4, 0.5) is 4.39 Å². The number of rotatable bonds is 5. The van der Waals surface area contributed by atoms with Gasteiger partial charge in [-0.2, -0.15) is 5.26 Å². The van der Waals surface area contributed by atoms with Crippen molar-refractivity contribution in [1.82, 2.24) is 20.2 Å². The summed E-state index contributed by atoms with van der Waals surface area (Å²) in [6, 6.07) is 6.60. The maximum Gasteiger partial charge on any atom is 0.270 e. The lowest BCUT2D eigenvalue weighted by atomic mass is 9.77. The first-order valence-electron chi connectivity index (χ1n) is 9.40. The van der Waals surface area contributed by atoms with E-state index in [4.69, 9.17) is 15.2 Å². The number of hydrogen-bond acceptors (Lipinski definition) is 4. The topological polar surface area (TPSA) is 98.2 Å². The van der Waals surface area contributed by atoms with Gasteiger partial charge in [0, 0.05) is 34.2 Å². The molecule has 0 aliphatic rings. The predicted octanol–water partition coefficient (Wildman–Crippen LogP) is 4.45. The van der Waals surface area contributed by atoms with Crippen molar-refractivity contribution in [2.24, 2.45) is 0 Å². The number of imidazole rings is 1. The van der Waals surface area contributed by atoms with Gasteiger partial charge in [-0.1, -0.05) is 13.8 Å². The van der Waals surface area contributed by atoms with E-state index in [-0.39, 0.29) is 11.0 Å².